The van der Waals surface area contributed by atoms with Crippen LogP contribution in [0.3, 0.4) is 0 Å². The maximum atomic E-state index is 12.2. The third-order valence-corrected chi connectivity index (χ3v) is 3.11. The number of nitro benzene ring substituents is 1. The summed E-state index contributed by atoms with van der Waals surface area (Å²) < 4.78 is 0. The summed E-state index contributed by atoms with van der Waals surface area (Å²) in [6.07, 6.45) is 2.01. The monoisotopic (exact) mass is 278 g/mol. The molecule has 1 aromatic rings. The first-order valence-corrected chi connectivity index (χ1v) is 6.23. The Morgan fingerprint density at radius 3 is 2.35 bits per heavy atom. The van der Waals surface area contributed by atoms with Gasteiger partial charge in [-0.25, -0.2) is 0 Å². The highest BCUT2D eigenvalue weighted by molar-refractivity contribution is 5.96. The Balaban J connectivity index is 2.12. The molecule has 1 aliphatic carbocycles. The fourth-order valence-corrected chi connectivity index (χ4v) is 1.90. The minimum absolute atomic E-state index is 0.103. The van der Waals surface area contributed by atoms with Gasteiger partial charge in [-0.1, -0.05) is 0 Å². The van der Waals surface area contributed by atoms with Crippen LogP contribution in [-0.2, 0) is 4.79 Å². The van der Waals surface area contributed by atoms with Crippen LogP contribution in [0.5, 0.6) is 0 Å². The molecular formula is C13H14N2O5. The lowest BCUT2D eigenvalue weighted by molar-refractivity contribution is -0.384. The van der Waals surface area contributed by atoms with Crippen LogP contribution in [0.2, 0.25) is 0 Å². The van der Waals surface area contributed by atoms with Crippen molar-refractivity contribution in [1.82, 2.24) is 4.90 Å². The van der Waals surface area contributed by atoms with E-state index in [2.05, 4.69) is 0 Å². The summed E-state index contributed by atoms with van der Waals surface area (Å²) in [4.78, 5) is 34.3. The summed E-state index contributed by atoms with van der Waals surface area (Å²) in [6, 6.07) is 5.18. The molecule has 1 aliphatic rings. The molecule has 20 heavy (non-hydrogen) atoms. The second-order valence-electron chi connectivity index (χ2n) is 4.83. The minimum atomic E-state index is -1.07. The summed E-state index contributed by atoms with van der Waals surface area (Å²) in [6.45, 7) is 0.0639. The Hall–Kier alpha value is -2.44. The number of nitrogens with zero attached hydrogens (tertiary/aromatic N) is 2. The maximum Gasteiger partial charge on any atom is 0.323 e. The first-order valence-electron chi connectivity index (χ1n) is 6.23. The lowest BCUT2D eigenvalue weighted by atomic mass is 10.1. The Labute approximate surface area is 115 Å². The first kappa shape index (κ1) is 14.0. The molecule has 1 N–H and O–H groups in total. The van der Waals surface area contributed by atoms with E-state index in [1.54, 1.807) is 0 Å². The average Bonchev–Trinajstić information content (AvgIpc) is 3.20. The Kier molecular flexibility index (Phi) is 3.97. The minimum Gasteiger partial charge on any atom is -0.480 e. The van der Waals surface area contributed by atoms with Gasteiger partial charge in [-0.05, 0) is 30.9 Å². The molecular weight excluding hydrogens is 264 g/mol. The lowest BCUT2D eigenvalue weighted by Gasteiger charge is -2.20. The molecule has 1 saturated carbocycles. The summed E-state index contributed by atoms with van der Waals surface area (Å²) in [7, 11) is 0. The highest BCUT2D eigenvalue weighted by Gasteiger charge is 2.28. The number of benzene rings is 1. The van der Waals surface area contributed by atoms with Gasteiger partial charge in [0.1, 0.15) is 6.54 Å². The lowest BCUT2D eigenvalue weighted by Crippen LogP contribution is -2.37. The fourth-order valence-electron chi connectivity index (χ4n) is 1.90. The number of carboxylic acid groups (broad SMARTS) is 1. The van der Waals surface area contributed by atoms with E-state index < -0.39 is 16.8 Å². The Morgan fingerprint density at radius 1 is 1.30 bits per heavy atom. The van der Waals surface area contributed by atoms with E-state index in [4.69, 9.17) is 5.11 Å². The van der Waals surface area contributed by atoms with Crippen LogP contribution in [0.25, 0.3) is 0 Å². The normalized spacial score (nSPS) is 13.8. The van der Waals surface area contributed by atoms with E-state index in [0.29, 0.717) is 12.5 Å². The fraction of sp³-hybridized carbons (Fsp3) is 0.385. The van der Waals surface area contributed by atoms with E-state index in [-0.39, 0.29) is 17.8 Å². The van der Waals surface area contributed by atoms with Gasteiger partial charge in [0.25, 0.3) is 11.6 Å². The number of hydrogen-bond acceptors (Lipinski definition) is 4. The highest BCUT2D eigenvalue weighted by atomic mass is 16.6. The molecule has 1 amide bonds. The van der Waals surface area contributed by atoms with Gasteiger partial charge in [0.2, 0.25) is 0 Å². The van der Waals surface area contributed by atoms with Crippen LogP contribution in [-0.4, -0.2) is 39.9 Å². The van der Waals surface area contributed by atoms with Crippen LogP contribution < -0.4 is 0 Å². The van der Waals surface area contributed by atoms with Gasteiger partial charge in [0, 0.05) is 24.2 Å². The molecule has 0 bridgehead atoms. The molecule has 7 nitrogen and oxygen atoms in total. The number of aliphatic carboxylic acids is 1. The predicted octanol–water partition coefficient (Wildman–Crippen LogP) is 1.53. The van der Waals surface area contributed by atoms with Crippen LogP contribution in [0.4, 0.5) is 5.69 Å². The molecule has 2 rings (SSSR count). The van der Waals surface area contributed by atoms with Crippen molar-refractivity contribution in [3.63, 3.8) is 0 Å². The quantitative estimate of drug-likeness (QED) is 0.628. The van der Waals surface area contributed by atoms with Gasteiger partial charge in [0.15, 0.2) is 0 Å². The molecule has 0 spiro atoms. The van der Waals surface area contributed by atoms with Gasteiger partial charge < -0.3 is 10.0 Å². The Morgan fingerprint density at radius 2 is 1.90 bits per heavy atom. The van der Waals surface area contributed by atoms with E-state index in [1.807, 2.05) is 0 Å². The van der Waals surface area contributed by atoms with Crippen molar-refractivity contribution in [3.05, 3.63) is 39.9 Å². The molecule has 0 heterocycles. The molecule has 0 aliphatic heterocycles. The number of rotatable bonds is 6. The maximum absolute atomic E-state index is 12.2. The largest absolute Gasteiger partial charge is 0.480 e. The molecule has 0 saturated heterocycles. The second-order valence-corrected chi connectivity index (χ2v) is 4.83. The molecule has 0 aromatic heterocycles. The zero-order valence-electron chi connectivity index (χ0n) is 10.7. The van der Waals surface area contributed by atoms with E-state index in [9.17, 15) is 19.7 Å². The van der Waals surface area contributed by atoms with Gasteiger partial charge in [-0.3, -0.25) is 19.7 Å². The second kappa shape index (κ2) is 5.68. The molecule has 0 radical (unpaired) electrons. The topological polar surface area (TPSA) is 101 Å². The molecule has 0 unspecified atom stereocenters. The van der Waals surface area contributed by atoms with Gasteiger partial charge in [0.05, 0.1) is 4.92 Å². The first-order chi connectivity index (χ1) is 9.47. The van der Waals surface area contributed by atoms with E-state index in [0.717, 1.165) is 12.8 Å². The molecule has 7 heteroatoms. The standard InChI is InChI=1S/C13H14N2O5/c16-12(17)8-14(7-9-1-2-9)13(18)10-3-5-11(6-4-10)15(19)20/h3-6,9H,1-2,7-8H2,(H,16,17). The summed E-state index contributed by atoms with van der Waals surface area (Å²) >= 11 is 0. The van der Waals surface area contributed by atoms with Gasteiger partial charge in [-0.2, -0.15) is 0 Å². The van der Waals surface area contributed by atoms with Crippen molar-refractivity contribution in [3.8, 4) is 0 Å². The SMILES string of the molecule is O=C(O)CN(CC1CC1)C(=O)c1ccc([N+](=O)[O-])cc1. The van der Waals surface area contributed by atoms with Gasteiger partial charge >= 0.3 is 5.97 Å². The summed E-state index contributed by atoms with van der Waals surface area (Å²) in [5, 5.41) is 19.4. The van der Waals surface area contributed by atoms with E-state index >= 15 is 0 Å². The number of amides is 1. The average molecular weight is 278 g/mol. The van der Waals surface area contributed by atoms with Crippen molar-refractivity contribution in [1.29, 1.82) is 0 Å². The van der Waals surface area contributed by atoms with Crippen molar-refractivity contribution in [2.45, 2.75) is 12.8 Å². The molecule has 1 aromatic carbocycles. The van der Waals surface area contributed by atoms with Crippen molar-refractivity contribution in [2.75, 3.05) is 13.1 Å². The third-order valence-electron chi connectivity index (χ3n) is 3.11. The predicted molar refractivity (Wildman–Crippen MR) is 69.4 cm³/mol. The molecule has 1 fully saturated rings. The van der Waals surface area contributed by atoms with Crippen LogP contribution in [0.15, 0.2) is 24.3 Å². The number of non-ortho nitro benzene ring substituents is 1. The van der Waals surface area contributed by atoms with Crippen molar-refractivity contribution >= 4 is 17.6 Å². The molecule has 0 atom stereocenters. The van der Waals surface area contributed by atoms with Crippen LogP contribution >= 0.6 is 0 Å². The smallest absolute Gasteiger partial charge is 0.323 e. The van der Waals surface area contributed by atoms with Crippen molar-refractivity contribution in [2.24, 2.45) is 5.92 Å². The number of hydrogen-bond donors (Lipinski definition) is 1. The number of carbonyl (C=O) groups excluding carboxylic acids is 1. The van der Waals surface area contributed by atoms with Crippen LogP contribution in [0, 0.1) is 16.0 Å². The highest BCUT2D eigenvalue weighted by Crippen LogP contribution is 2.30. The summed E-state index contributed by atoms with van der Waals surface area (Å²) in [5.41, 5.74) is 0.158. The zero-order chi connectivity index (χ0) is 14.7. The van der Waals surface area contributed by atoms with Gasteiger partial charge in [-0.15, -0.1) is 0 Å². The number of nitro groups is 1. The number of carbonyl (C=O) groups is 2. The Bertz CT molecular complexity index is 536. The third kappa shape index (κ3) is 3.53. The summed E-state index contributed by atoms with van der Waals surface area (Å²) in [5.74, 6) is -1.11. The van der Waals surface area contributed by atoms with Crippen LogP contribution in [0.1, 0.15) is 23.2 Å². The van der Waals surface area contributed by atoms with E-state index in [1.165, 1.54) is 29.2 Å². The number of carboxylic acids is 1. The van der Waals surface area contributed by atoms with Crippen molar-refractivity contribution < 1.29 is 19.6 Å². The molecule has 106 valence electrons. The zero-order valence-corrected chi connectivity index (χ0v) is 10.7.